The van der Waals surface area contributed by atoms with Gasteiger partial charge in [0.1, 0.15) is 5.69 Å². The average molecular weight is 455 g/mol. The van der Waals surface area contributed by atoms with Gasteiger partial charge in [0.15, 0.2) is 6.20 Å². The summed E-state index contributed by atoms with van der Waals surface area (Å²) in [7, 11) is 0. The smallest absolute Gasteiger partial charge is 0.286 e. The van der Waals surface area contributed by atoms with Gasteiger partial charge in [0.25, 0.3) is 5.91 Å². The van der Waals surface area contributed by atoms with Crippen molar-refractivity contribution < 1.29 is 19.6 Å². The number of aliphatic hydroxyl groups is 2. The molecule has 0 bridgehead atoms. The van der Waals surface area contributed by atoms with Crippen LogP contribution in [0.4, 0.5) is 17.1 Å². The molecule has 0 unspecified atom stereocenters. The lowest BCUT2D eigenvalue weighted by Crippen LogP contribution is -2.43. The van der Waals surface area contributed by atoms with E-state index in [-0.39, 0.29) is 25.7 Å². The highest BCUT2D eigenvalue weighted by Gasteiger charge is 2.15. The molecular formula is C23H28N5O3S+. The Bertz CT molecular complexity index is 1050. The Hall–Kier alpha value is -3.01. The highest BCUT2D eigenvalue weighted by Crippen LogP contribution is 2.26. The standard InChI is InChI=1S/C23H27N5O3S/c29-14-12-27(13-15-30)19-7-5-18(6-8-19)25-26-21-9-11-28(17-23(31)24-10-16-32)22-4-2-1-3-20(21)22/h1-9,11,29-30H,10,12-17H2,(H-,24,31,32)/p+1. The van der Waals surface area contributed by atoms with Crippen LogP contribution in [0, 0.1) is 0 Å². The Balaban J connectivity index is 1.80. The number of carbonyl (C=O) groups is 1. The first kappa shape index (κ1) is 23.6. The van der Waals surface area contributed by atoms with E-state index in [0.29, 0.717) is 36.8 Å². The number of para-hydroxylation sites is 1. The second-order valence-electron chi connectivity index (χ2n) is 7.07. The fraction of sp³-hybridized carbons (Fsp3) is 0.304. The first-order valence-electron chi connectivity index (χ1n) is 10.4. The van der Waals surface area contributed by atoms with Crippen molar-refractivity contribution in [3.63, 3.8) is 0 Å². The molecule has 1 heterocycles. The fourth-order valence-electron chi connectivity index (χ4n) is 3.36. The molecule has 0 fully saturated rings. The molecule has 1 amide bonds. The van der Waals surface area contributed by atoms with E-state index >= 15 is 0 Å². The van der Waals surface area contributed by atoms with Crippen molar-refractivity contribution in [2.75, 3.05) is 43.5 Å². The molecule has 3 rings (SSSR count). The number of fused-ring (bicyclic) bond motifs is 1. The Morgan fingerprint density at radius 1 is 1.00 bits per heavy atom. The molecule has 0 aliphatic carbocycles. The minimum atomic E-state index is -0.0693. The maximum atomic E-state index is 12.1. The van der Waals surface area contributed by atoms with Crippen LogP contribution in [0.25, 0.3) is 10.9 Å². The third kappa shape index (κ3) is 6.25. The first-order chi connectivity index (χ1) is 15.7. The van der Waals surface area contributed by atoms with Crippen LogP contribution < -0.4 is 14.8 Å². The number of anilines is 1. The van der Waals surface area contributed by atoms with E-state index in [1.165, 1.54) is 0 Å². The number of rotatable bonds is 11. The van der Waals surface area contributed by atoms with Crippen LogP contribution in [-0.4, -0.2) is 54.7 Å². The number of aromatic nitrogens is 1. The van der Waals surface area contributed by atoms with Gasteiger partial charge in [0, 0.05) is 43.2 Å². The molecule has 1 aromatic heterocycles. The number of hydrogen-bond acceptors (Lipinski definition) is 7. The number of carbonyl (C=O) groups excluding carboxylic acids is 1. The molecule has 0 aliphatic rings. The molecule has 32 heavy (non-hydrogen) atoms. The van der Waals surface area contributed by atoms with E-state index in [1.54, 1.807) is 0 Å². The number of hydrogen-bond donors (Lipinski definition) is 4. The molecule has 0 saturated heterocycles. The van der Waals surface area contributed by atoms with Crippen LogP contribution in [0.2, 0.25) is 0 Å². The van der Waals surface area contributed by atoms with E-state index < -0.39 is 0 Å². The second kappa shape index (κ2) is 12.1. The summed E-state index contributed by atoms with van der Waals surface area (Å²) in [4.78, 5) is 14.0. The topological polar surface area (TPSA) is 101 Å². The van der Waals surface area contributed by atoms with Gasteiger partial charge in [-0.2, -0.15) is 22.3 Å². The minimum Gasteiger partial charge on any atom is -0.395 e. The molecule has 0 aliphatic heterocycles. The third-order valence-corrected chi connectivity index (χ3v) is 5.10. The molecule has 9 heteroatoms. The maximum absolute atomic E-state index is 12.1. The lowest BCUT2D eigenvalue weighted by Gasteiger charge is -2.22. The van der Waals surface area contributed by atoms with Crippen molar-refractivity contribution in [3.05, 3.63) is 60.8 Å². The lowest BCUT2D eigenvalue weighted by molar-refractivity contribution is -0.658. The molecule has 3 aromatic rings. The van der Waals surface area contributed by atoms with Crippen molar-refractivity contribution in [1.82, 2.24) is 5.32 Å². The quantitative estimate of drug-likeness (QED) is 0.203. The summed E-state index contributed by atoms with van der Waals surface area (Å²) in [6.45, 7) is 1.67. The van der Waals surface area contributed by atoms with Gasteiger partial charge in [0.05, 0.1) is 24.3 Å². The number of benzene rings is 2. The van der Waals surface area contributed by atoms with Crippen LogP contribution >= 0.6 is 12.6 Å². The van der Waals surface area contributed by atoms with Gasteiger partial charge < -0.3 is 20.4 Å². The summed E-state index contributed by atoms with van der Waals surface area (Å²) in [6, 6.07) is 17.1. The highest BCUT2D eigenvalue weighted by molar-refractivity contribution is 7.80. The molecule has 0 spiro atoms. The summed E-state index contributed by atoms with van der Waals surface area (Å²) in [6.07, 6.45) is 1.84. The van der Waals surface area contributed by atoms with Crippen LogP contribution in [0.5, 0.6) is 0 Å². The summed E-state index contributed by atoms with van der Waals surface area (Å²) in [5.41, 5.74) is 3.19. The van der Waals surface area contributed by atoms with Gasteiger partial charge in [-0.1, -0.05) is 12.1 Å². The molecule has 0 atom stereocenters. The molecule has 168 valence electrons. The summed E-state index contributed by atoms with van der Waals surface area (Å²) in [5, 5.41) is 30.9. The first-order valence-corrected chi connectivity index (χ1v) is 11.1. The largest absolute Gasteiger partial charge is 0.395 e. The minimum absolute atomic E-state index is 0.0133. The number of thiol groups is 1. The predicted molar refractivity (Wildman–Crippen MR) is 128 cm³/mol. The zero-order chi connectivity index (χ0) is 22.8. The van der Waals surface area contributed by atoms with Gasteiger partial charge in [-0.15, -0.1) is 5.11 Å². The highest BCUT2D eigenvalue weighted by atomic mass is 32.1. The number of amides is 1. The zero-order valence-electron chi connectivity index (χ0n) is 17.8. The molecule has 3 N–H and O–H groups in total. The normalized spacial score (nSPS) is 11.2. The number of nitrogens with one attached hydrogen (secondary N) is 1. The SMILES string of the molecule is O=C(C[n+]1ccc(/N=N/c2ccc(N(CCO)CCO)cc2)c2ccccc21)NCCS. The predicted octanol–water partition coefficient (Wildman–Crippen LogP) is 2.38. The van der Waals surface area contributed by atoms with Gasteiger partial charge in [-0.05, 0) is 30.3 Å². The van der Waals surface area contributed by atoms with E-state index in [2.05, 4.69) is 28.2 Å². The number of pyridine rings is 1. The molecule has 2 aromatic carbocycles. The van der Waals surface area contributed by atoms with Crippen LogP contribution in [0.3, 0.4) is 0 Å². The van der Waals surface area contributed by atoms with Crippen molar-refractivity contribution in [1.29, 1.82) is 0 Å². The van der Waals surface area contributed by atoms with Crippen molar-refractivity contribution in [2.24, 2.45) is 10.2 Å². The average Bonchev–Trinajstić information content (AvgIpc) is 2.82. The van der Waals surface area contributed by atoms with Gasteiger partial charge in [-0.3, -0.25) is 4.79 Å². The zero-order valence-corrected chi connectivity index (χ0v) is 18.7. The van der Waals surface area contributed by atoms with Gasteiger partial charge in [-0.25, -0.2) is 0 Å². The molecular weight excluding hydrogens is 426 g/mol. The fourth-order valence-corrected chi connectivity index (χ4v) is 3.47. The van der Waals surface area contributed by atoms with Crippen LogP contribution in [-0.2, 0) is 11.3 Å². The van der Waals surface area contributed by atoms with Crippen LogP contribution in [0.1, 0.15) is 0 Å². The molecule has 8 nitrogen and oxygen atoms in total. The monoisotopic (exact) mass is 454 g/mol. The number of nitrogens with zero attached hydrogens (tertiary/aromatic N) is 4. The Morgan fingerprint density at radius 3 is 2.41 bits per heavy atom. The van der Waals surface area contributed by atoms with Crippen LogP contribution in [0.15, 0.2) is 71.0 Å². The number of azo groups is 1. The number of aliphatic hydroxyl groups excluding tert-OH is 2. The van der Waals surface area contributed by atoms with E-state index in [4.69, 9.17) is 0 Å². The summed E-state index contributed by atoms with van der Waals surface area (Å²) in [5.74, 6) is 0.526. The Kier molecular flexibility index (Phi) is 8.97. The van der Waals surface area contributed by atoms with E-state index in [0.717, 1.165) is 16.6 Å². The summed E-state index contributed by atoms with van der Waals surface area (Å²) >= 11 is 4.11. The van der Waals surface area contributed by atoms with E-state index in [1.807, 2.05) is 70.3 Å². The van der Waals surface area contributed by atoms with Gasteiger partial charge in [0.2, 0.25) is 12.1 Å². The molecule has 0 saturated carbocycles. The Labute approximate surface area is 192 Å². The third-order valence-electron chi connectivity index (χ3n) is 4.88. The summed E-state index contributed by atoms with van der Waals surface area (Å²) < 4.78 is 1.88. The van der Waals surface area contributed by atoms with Gasteiger partial charge >= 0.3 is 0 Å². The second-order valence-corrected chi connectivity index (χ2v) is 7.52. The van der Waals surface area contributed by atoms with Crippen molar-refractivity contribution >= 4 is 46.5 Å². The Morgan fingerprint density at radius 2 is 1.72 bits per heavy atom. The van der Waals surface area contributed by atoms with Crippen molar-refractivity contribution in [3.8, 4) is 0 Å². The molecule has 0 radical (unpaired) electrons. The lowest BCUT2D eigenvalue weighted by atomic mass is 10.2. The maximum Gasteiger partial charge on any atom is 0.286 e. The van der Waals surface area contributed by atoms with Crippen molar-refractivity contribution in [2.45, 2.75) is 6.54 Å². The van der Waals surface area contributed by atoms with E-state index in [9.17, 15) is 15.0 Å².